The Morgan fingerprint density at radius 1 is 0.462 bits per heavy atom. The normalized spacial score (nSPS) is 11.4. The van der Waals surface area contributed by atoms with Crippen LogP contribution in [0, 0.1) is 0 Å². The fraction of sp³-hybridized carbons (Fsp3) is 0. The molecule has 0 atom stereocenters. The molecule has 4 heteroatoms. The van der Waals surface area contributed by atoms with Crippen LogP contribution in [0.25, 0.3) is 24.3 Å². The van der Waals surface area contributed by atoms with Gasteiger partial charge < -0.3 is 20.4 Å². The molecule has 0 saturated carbocycles. The van der Waals surface area contributed by atoms with E-state index in [2.05, 4.69) is 0 Å². The molecule has 0 unspecified atom stereocenters. The summed E-state index contributed by atoms with van der Waals surface area (Å²) < 4.78 is 0. The maximum Gasteiger partial charge on any atom is 0.126 e. The van der Waals surface area contributed by atoms with Crippen LogP contribution in [0.2, 0.25) is 0 Å². The van der Waals surface area contributed by atoms with Crippen molar-refractivity contribution in [3.8, 4) is 23.0 Å². The van der Waals surface area contributed by atoms with Gasteiger partial charge in [0.1, 0.15) is 23.0 Å². The highest BCUT2D eigenvalue weighted by atomic mass is 16.3. The van der Waals surface area contributed by atoms with Crippen molar-refractivity contribution in [2.45, 2.75) is 0 Å². The highest BCUT2D eigenvalue weighted by Crippen LogP contribution is 2.30. The van der Waals surface area contributed by atoms with Crippen LogP contribution in [0.15, 0.2) is 60.7 Å². The molecule has 0 spiro atoms. The second-order valence-corrected chi connectivity index (χ2v) is 5.82. The van der Waals surface area contributed by atoms with E-state index >= 15 is 0 Å². The van der Waals surface area contributed by atoms with E-state index in [1.165, 1.54) is 6.07 Å². The molecule has 4 nitrogen and oxygen atoms in total. The van der Waals surface area contributed by atoms with Gasteiger partial charge in [-0.3, -0.25) is 0 Å². The van der Waals surface area contributed by atoms with Crippen LogP contribution in [0.4, 0.5) is 0 Å². The lowest BCUT2D eigenvalue weighted by molar-refractivity contribution is 0.449. The number of hydrogen-bond donors (Lipinski definition) is 4. The number of aromatic hydroxyl groups is 4. The first-order valence-electron chi connectivity index (χ1n) is 8.01. The summed E-state index contributed by atoms with van der Waals surface area (Å²) in [5, 5.41) is 38.7. The van der Waals surface area contributed by atoms with Gasteiger partial charge in [0.25, 0.3) is 0 Å². The van der Waals surface area contributed by atoms with Crippen molar-refractivity contribution >= 4 is 24.3 Å². The zero-order valence-corrected chi connectivity index (χ0v) is 13.9. The van der Waals surface area contributed by atoms with Crippen molar-refractivity contribution in [2.75, 3.05) is 0 Å². The smallest absolute Gasteiger partial charge is 0.126 e. The Labute approximate surface area is 151 Å². The van der Waals surface area contributed by atoms with Gasteiger partial charge in [0.05, 0.1) is 0 Å². The third-order valence-corrected chi connectivity index (χ3v) is 3.87. The Bertz CT molecular complexity index is 876. The number of phenols is 4. The van der Waals surface area contributed by atoms with E-state index in [4.69, 9.17) is 0 Å². The van der Waals surface area contributed by atoms with Crippen LogP contribution >= 0.6 is 0 Å². The first-order chi connectivity index (χ1) is 12.5. The predicted molar refractivity (Wildman–Crippen MR) is 104 cm³/mol. The maximum atomic E-state index is 10.1. The second kappa shape index (κ2) is 7.49. The molecule has 0 aliphatic carbocycles. The molecular weight excluding hydrogens is 328 g/mol. The molecule has 0 radical (unpaired) electrons. The largest absolute Gasteiger partial charge is 0.508 e. The minimum Gasteiger partial charge on any atom is -0.508 e. The summed E-state index contributed by atoms with van der Waals surface area (Å²) >= 11 is 0. The number of phenolic OH excluding ortho intramolecular Hbond substituents is 4. The van der Waals surface area contributed by atoms with Crippen molar-refractivity contribution in [1.82, 2.24) is 0 Å². The van der Waals surface area contributed by atoms with E-state index in [1.807, 2.05) is 0 Å². The Hall–Kier alpha value is -3.66. The van der Waals surface area contributed by atoms with Gasteiger partial charge >= 0.3 is 0 Å². The van der Waals surface area contributed by atoms with Crippen LogP contribution in [0.5, 0.6) is 23.0 Å². The molecule has 3 rings (SSSR count). The molecule has 0 bridgehead atoms. The molecule has 0 heterocycles. The number of hydrogen-bond acceptors (Lipinski definition) is 4. The summed E-state index contributed by atoms with van der Waals surface area (Å²) in [6.45, 7) is 0. The highest BCUT2D eigenvalue weighted by molar-refractivity contribution is 5.79. The Morgan fingerprint density at radius 2 is 0.846 bits per heavy atom. The van der Waals surface area contributed by atoms with Crippen LogP contribution in [-0.2, 0) is 0 Å². The number of rotatable bonds is 4. The van der Waals surface area contributed by atoms with E-state index < -0.39 is 0 Å². The zero-order valence-electron chi connectivity index (χ0n) is 13.9. The van der Waals surface area contributed by atoms with Gasteiger partial charge in [-0.05, 0) is 41.5 Å². The van der Waals surface area contributed by atoms with E-state index in [0.29, 0.717) is 11.1 Å². The van der Waals surface area contributed by atoms with Gasteiger partial charge in [0, 0.05) is 17.2 Å². The first kappa shape index (κ1) is 17.2. The van der Waals surface area contributed by atoms with Crippen molar-refractivity contribution < 1.29 is 20.4 Å². The van der Waals surface area contributed by atoms with Crippen molar-refractivity contribution in [2.24, 2.45) is 0 Å². The van der Waals surface area contributed by atoms with E-state index in [1.54, 1.807) is 78.9 Å². The standard InChI is InChI=1S/C22H18O4/c23-19-9-3-15(4-10-19)1-7-17-13-18(22(26)14-21(17)25)8-2-16-5-11-20(24)12-6-16/h1-14,23-26H. The summed E-state index contributed by atoms with van der Waals surface area (Å²) in [6, 6.07) is 16.4. The molecular formula is C22H18O4. The monoisotopic (exact) mass is 346 g/mol. The zero-order chi connectivity index (χ0) is 18.5. The summed E-state index contributed by atoms with van der Waals surface area (Å²) in [7, 11) is 0. The van der Waals surface area contributed by atoms with Crippen LogP contribution in [0.3, 0.4) is 0 Å². The van der Waals surface area contributed by atoms with Crippen molar-refractivity contribution in [3.05, 3.63) is 82.9 Å². The quantitative estimate of drug-likeness (QED) is 0.509. The molecule has 0 aliphatic rings. The number of benzene rings is 3. The summed E-state index contributed by atoms with van der Waals surface area (Å²) in [5.74, 6) is 0.325. The molecule has 130 valence electrons. The molecule has 3 aromatic rings. The van der Waals surface area contributed by atoms with Gasteiger partial charge in [-0.1, -0.05) is 48.6 Å². The Kier molecular flexibility index (Phi) is 4.94. The third kappa shape index (κ3) is 4.24. The Morgan fingerprint density at radius 3 is 1.23 bits per heavy atom. The average molecular weight is 346 g/mol. The van der Waals surface area contributed by atoms with E-state index in [9.17, 15) is 20.4 Å². The van der Waals surface area contributed by atoms with Gasteiger partial charge in [0.15, 0.2) is 0 Å². The van der Waals surface area contributed by atoms with Gasteiger partial charge in [-0.15, -0.1) is 0 Å². The molecule has 0 aromatic heterocycles. The van der Waals surface area contributed by atoms with Gasteiger partial charge in [-0.25, -0.2) is 0 Å². The Balaban J connectivity index is 1.86. The lowest BCUT2D eigenvalue weighted by Crippen LogP contribution is -1.81. The fourth-order valence-electron chi connectivity index (χ4n) is 2.42. The summed E-state index contributed by atoms with van der Waals surface area (Å²) in [5.41, 5.74) is 2.86. The second-order valence-electron chi connectivity index (χ2n) is 5.82. The first-order valence-corrected chi connectivity index (χ1v) is 8.01. The van der Waals surface area contributed by atoms with Crippen molar-refractivity contribution in [1.29, 1.82) is 0 Å². The molecule has 0 saturated heterocycles. The predicted octanol–water partition coefficient (Wildman–Crippen LogP) is 4.85. The average Bonchev–Trinajstić information content (AvgIpc) is 2.63. The molecule has 4 N–H and O–H groups in total. The van der Waals surface area contributed by atoms with Crippen molar-refractivity contribution in [3.63, 3.8) is 0 Å². The highest BCUT2D eigenvalue weighted by Gasteiger charge is 2.05. The molecule has 0 amide bonds. The summed E-state index contributed by atoms with van der Waals surface area (Å²) in [4.78, 5) is 0. The van der Waals surface area contributed by atoms with E-state index in [0.717, 1.165) is 11.1 Å². The third-order valence-electron chi connectivity index (χ3n) is 3.87. The lowest BCUT2D eigenvalue weighted by Gasteiger charge is -2.05. The molecule has 0 aliphatic heterocycles. The topological polar surface area (TPSA) is 80.9 Å². The minimum atomic E-state index is -0.0284. The lowest BCUT2D eigenvalue weighted by atomic mass is 10.0. The van der Waals surface area contributed by atoms with E-state index in [-0.39, 0.29) is 23.0 Å². The van der Waals surface area contributed by atoms with Crippen LogP contribution in [0.1, 0.15) is 22.3 Å². The molecule has 3 aromatic carbocycles. The van der Waals surface area contributed by atoms with Gasteiger partial charge in [-0.2, -0.15) is 0 Å². The molecule has 0 fully saturated rings. The van der Waals surface area contributed by atoms with Crippen LogP contribution < -0.4 is 0 Å². The minimum absolute atomic E-state index is 0.0284. The van der Waals surface area contributed by atoms with Crippen LogP contribution in [-0.4, -0.2) is 20.4 Å². The summed E-state index contributed by atoms with van der Waals surface area (Å²) in [6.07, 6.45) is 7.08. The fourth-order valence-corrected chi connectivity index (χ4v) is 2.42. The molecule has 26 heavy (non-hydrogen) atoms. The van der Waals surface area contributed by atoms with Gasteiger partial charge in [0.2, 0.25) is 0 Å². The SMILES string of the molecule is Oc1ccc(C=Cc2cc(C=Cc3ccc(O)cc3)c(O)cc2O)cc1. The maximum absolute atomic E-state index is 10.1.